The lowest BCUT2D eigenvalue weighted by Crippen LogP contribution is -2.43. The summed E-state index contributed by atoms with van der Waals surface area (Å²) in [4.78, 5) is 11.1. The first-order chi connectivity index (χ1) is 5.88. The molecule has 0 fully saturated rings. The summed E-state index contributed by atoms with van der Waals surface area (Å²) in [5.74, 6) is 0.0681. The normalized spacial score (nSPS) is 13.9. The fourth-order valence-corrected chi connectivity index (χ4v) is 0.812. The minimum atomic E-state index is 0.0681. The molecule has 13 heavy (non-hydrogen) atoms. The molecular weight excluding hydrogens is 164 g/mol. The second kappa shape index (κ2) is 5.22. The molecule has 0 aromatic carbocycles. The number of carbonyl (C=O) groups is 1. The molecule has 0 bridgehead atoms. The van der Waals surface area contributed by atoms with Gasteiger partial charge in [-0.25, -0.2) is 0 Å². The second-order valence-electron chi connectivity index (χ2n) is 4.42. The van der Waals surface area contributed by atoms with Crippen LogP contribution in [0.25, 0.3) is 0 Å². The summed E-state index contributed by atoms with van der Waals surface area (Å²) in [6, 6.07) is 0.343. The lowest BCUT2D eigenvalue weighted by atomic mass is 9.88. The molecule has 0 saturated heterocycles. The van der Waals surface area contributed by atoms with Crippen molar-refractivity contribution in [1.29, 1.82) is 0 Å². The number of amides is 1. The maximum atomic E-state index is 11.1. The van der Waals surface area contributed by atoms with Crippen LogP contribution in [-0.2, 0) is 4.79 Å². The van der Waals surface area contributed by atoms with Crippen molar-refractivity contribution in [3.05, 3.63) is 0 Å². The van der Waals surface area contributed by atoms with Crippen LogP contribution >= 0.6 is 0 Å². The first-order valence-electron chi connectivity index (χ1n) is 4.88. The molecule has 78 valence electrons. The van der Waals surface area contributed by atoms with Crippen molar-refractivity contribution in [3.8, 4) is 0 Å². The molecular formula is C10H22N2O. The van der Waals surface area contributed by atoms with Crippen LogP contribution in [0.4, 0.5) is 0 Å². The van der Waals surface area contributed by atoms with Gasteiger partial charge in [-0.05, 0) is 19.3 Å². The molecule has 3 heteroatoms. The van der Waals surface area contributed by atoms with Crippen LogP contribution in [0, 0.1) is 5.41 Å². The molecule has 0 spiro atoms. The molecule has 1 unspecified atom stereocenters. The summed E-state index contributed by atoms with van der Waals surface area (Å²) in [6.45, 7) is 11.6. The van der Waals surface area contributed by atoms with E-state index in [-0.39, 0.29) is 11.3 Å². The predicted molar refractivity (Wildman–Crippen MR) is 55.6 cm³/mol. The van der Waals surface area contributed by atoms with E-state index in [9.17, 15) is 4.79 Å². The lowest BCUT2D eigenvalue weighted by molar-refractivity contribution is -0.120. The molecule has 0 saturated carbocycles. The third-order valence-corrected chi connectivity index (χ3v) is 2.24. The Bertz CT molecular complexity index is 161. The van der Waals surface area contributed by atoms with E-state index in [1.807, 2.05) is 6.92 Å². The molecule has 0 heterocycles. The Morgan fingerprint density at radius 3 is 2.31 bits per heavy atom. The van der Waals surface area contributed by atoms with Crippen molar-refractivity contribution in [1.82, 2.24) is 10.6 Å². The highest BCUT2D eigenvalue weighted by molar-refractivity contribution is 5.77. The molecule has 0 aliphatic rings. The predicted octanol–water partition coefficient (Wildman–Crippen LogP) is 1.15. The Labute approximate surface area is 81.3 Å². The van der Waals surface area contributed by atoms with E-state index in [4.69, 9.17) is 0 Å². The van der Waals surface area contributed by atoms with Gasteiger partial charge in [0.25, 0.3) is 0 Å². The van der Waals surface area contributed by atoms with Gasteiger partial charge in [0.15, 0.2) is 0 Å². The summed E-state index contributed by atoms with van der Waals surface area (Å²) in [5, 5.41) is 5.95. The fourth-order valence-electron chi connectivity index (χ4n) is 0.812. The van der Waals surface area contributed by atoms with Gasteiger partial charge in [0.05, 0.1) is 6.54 Å². The molecule has 0 aliphatic heterocycles. The molecule has 0 aromatic heterocycles. The van der Waals surface area contributed by atoms with E-state index >= 15 is 0 Å². The van der Waals surface area contributed by atoms with Gasteiger partial charge in [-0.1, -0.05) is 20.8 Å². The van der Waals surface area contributed by atoms with Crippen LogP contribution in [0.2, 0.25) is 0 Å². The van der Waals surface area contributed by atoms with Crippen molar-refractivity contribution in [3.63, 3.8) is 0 Å². The topological polar surface area (TPSA) is 41.1 Å². The minimum absolute atomic E-state index is 0.0681. The molecule has 0 aliphatic carbocycles. The molecule has 0 rings (SSSR count). The highest BCUT2D eigenvalue weighted by atomic mass is 16.1. The van der Waals surface area contributed by atoms with Gasteiger partial charge in [0.2, 0.25) is 5.91 Å². The number of hydrogen-bond donors (Lipinski definition) is 2. The molecule has 2 N–H and O–H groups in total. The average molecular weight is 186 g/mol. The number of carbonyl (C=O) groups excluding carboxylic acids is 1. The number of likely N-dealkylation sites (N-methyl/N-ethyl adjacent to an activating group) is 1. The van der Waals surface area contributed by atoms with Crippen molar-refractivity contribution < 1.29 is 4.79 Å². The summed E-state index contributed by atoms with van der Waals surface area (Å²) < 4.78 is 0. The third-order valence-electron chi connectivity index (χ3n) is 2.24. The zero-order valence-corrected chi connectivity index (χ0v) is 9.40. The van der Waals surface area contributed by atoms with Crippen molar-refractivity contribution in [2.45, 2.75) is 40.7 Å². The molecule has 0 aromatic rings. The SMILES string of the molecule is CCNC(=O)CNC(C)C(C)(C)C. The Hall–Kier alpha value is -0.570. The van der Waals surface area contributed by atoms with Crippen molar-refractivity contribution in [2.24, 2.45) is 5.41 Å². The van der Waals surface area contributed by atoms with Crippen LogP contribution in [0.3, 0.4) is 0 Å². The van der Waals surface area contributed by atoms with Gasteiger partial charge in [-0.15, -0.1) is 0 Å². The zero-order valence-electron chi connectivity index (χ0n) is 9.40. The second-order valence-corrected chi connectivity index (χ2v) is 4.42. The smallest absolute Gasteiger partial charge is 0.233 e. The van der Waals surface area contributed by atoms with E-state index in [1.165, 1.54) is 0 Å². The van der Waals surface area contributed by atoms with E-state index in [0.29, 0.717) is 19.1 Å². The van der Waals surface area contributed by atoms with Crippen LogP contribution in [-0.4, -0.2) is 25.0 Å². The van der Waals surface area contributed by atoms with Crippen LogP contribution < -0.4 is 10.6 Å². The van der Waals surface area contributed by atoms with Gasteiger partial charge in [-0.2, -0.15) is 0 Å². The number of hydrogen-bond acceptors (Lipinski definition) is 2. The van der Waals surface area contributed by atoms with Gasteiger partial charge >= 0.3 is 0 Å². The first kappa shape index (κ1) is 12.4. The van der Waals surface area contributed by atoms with Crippen LogP contribution in [0.5, 0.6) is 0 Å². The molecule has 0 radical (unpaired) electrons. The quantitative estimate of drug-likeness (QED) is 0.691. The largest absolute Gasteiger partial charge is 0.355 e. The Morgan fingerprint density at radius 1 is 1.38 bits per heavy atom. The zero-order chi connectivity index (χ0) is 10.5. The Balaban J connectivity index is 3.70. The van der Waals surface area contributed by atoms with Crippen LogP contribution in [0.15, 0.2) is 0 Å². The molecule has 1 atom stereocenters. The van der Waals surface area contributed by atoms with E-state index in [1.54, 1.807) is 0 Å². The van der Waals surface area contributed by atoms with E-state index < -0.39 is 0 Å². The van der Waals surface area contributed by atoms with Gasteiger partial charge < -0.3 is 10.6 Å². The summed E-state index contributed by atoms with van der Waals surface area (Å²) in [5.41, 5.74) is 0.201. The summed E-state index contributed by atoms with van der Waals surface area (Å²) in [7, 11) is 0. The maximum Gasteiger partial charge on any atom is 0.233 e. The number of nitrogens with one attached hydrogen (secondary N) is 2. The standard InChI is InChI=1S/C10H22N2O/c1-6-11-9(13)7-12-8(2)10(3,4)5/h8,12H,6-7H2,1-5H3,(H,11,13). The fraction of sp³-hybridized carbons (Fsp3) is 0.900. The van der Waals surface area contributed by atoms with E-state index in [2.05, 4.69) is 38.3 Å². The van der Waals surface area contributed by atoms with Gasteiger partial charge in [-0.3, -0.25) is 4.79 Å². The maximum absolute atomic E-state index is 11.1. The van der Waals surface area contributed by atoms with Gasteiger partial charge in [0, 0.05) is 12.6 Å². The first-order valence-corrected chi connectivity index (χ1v) is 4.88. The number of rotatable bonds is 4. The molecule has 3 nitrogen and oxygen atoms in total. The Kier molecular flexibility index (Phi) is 4.99. The van der Waals surface area contributed by atoms with Crippen molar-refractivity contribution in [2.75, 3.05) is 13.1 Å². The monoisotopic (exact) mass is 186 g/mol. The highest BCUT2D eigenvalue weighted by Gasteiger charge is 2.19. The lowest BCUT2D eigenvalue weighted by Gasteiger charge is -2.27. The highest BCUT2D eigenvalue weighted by Crippen LogP contribution is 2.17. The van der Waals surface area contributed by atoms with Gasteiger partial charge in [0.1, 0.15) is 0 Å². The minimum Gasteiger partial charge on any atom is -0.355 e. The van der Waals surface area contributed by atoms with E-state index in [0.717, 1.165) is 0 Å². The summed E-state index contributed by atoms with van der Waals surface area (Å²) in [6.07, 6.45) is 0. The average Bonchev–Trinajstić information content (AvgIpc) is 1.99. The Morgan fingerprint density at radius 2 is 1.92 bits per heavy atom. The third kappa shape index (κ3) is 5.64. The molecule has 1 amide bonds. The van der Waals surface area contributed by atoms with Crippen molar-refractivity contribution >= 4 is 5.91 Å². The van der Waals surface area contributed by atoms with Crippen LogP contribution in [0.1, 0.15) is 34.6 Å². The summed E-state index contributed by atoms with van der Waals surface area (Å²) >= 11 is 0.